The van der Waals surface area contributed by atoms with Gasteiger partial charge >= 0.3 is 17.8 Å². The first-order chi connectivity index (χ1) is 56.4. The number of nitrogens with zero attached hydrogens (tertiary/aromatic N) is 7. The summed E-state index contributed by atoms with van der Waals surface area (Å²) in [6.07, 6.45) is 3.68. The first-order valence-corrected chi connectivity index (χ1v) is 39.3. The van der Waals surface area contributed by atoms with Crippen LogP contribution < -0.4 is 9.80 Å². The molecule has 0 N–H and O–H groups in total. The average molecular weight is 1690 g/mol. The van der Waals surface area contributed by atoms with E-state index < -0.39 is 0 Å². The molecule has 8 aromatic heterocycles. The van der Waals surface area contributed by atoms with E-state index in [0.717, 1.165) is 146 Å². The summed E-state index contributed by atoms with van der Waals surface area (Å²) in [4.78, 5) is 19.1. The van der Waals surface area contributed by atoms with Crippen LogP contribution in [-0.2, 0) is 71.1 Å². The zero-order chi connectivity index (χ0) is 75.6. The topological polar surface area (TPSA) is 94.4 Å². The van der Waals surface area contributed by atoms with Crippen LogP contribution in [0, 0.1) is 54.6 Å². The maximum Gasteiger partial charge on any atom is 0.309 e. The van der Waals surface area contributed by atoms with E-state index in [2.05, 4.69) is 222 Å². The van der Waals surface area contributed by atoms with E-state index in [1.54, 1.807) is 28.9 Å². The zero-order valence-corrected chi connectivity index (χ0v) is 66.5. The molecule has 0 bridgehead atoms. The van der Waals surface area contributed by atoms with Crippen LogP contribution in [0.25, 0.3) is 159 Å². The monoisotopic (exact) mass is 1680 g/mol. The zero-order valence-electron chi connectivity index (χ0n) is 62.1. The van der Waals surface area contributed by atoms with Crippen LogP contribution in [-0.4, -0.2) is 24.1 Å². The van der Waals surface area contributed by atoms with Crippen LogP contribution in [0.3, 0.4) is 0 Å². The van der Waals surface area contributed by atoms with Crippen LogP contribution >= 0.6 is 22.7 Å². The fraction of sp³-hybridized carbons (Fsp3) is 0.0294. The van der Waals surface area contributed by atoms with Crippen molar-refractivity contribution in [1.82, 2.24) is 24.1 Å². The van der Waals surface area contributed by atoms with Crippen molar-refractivity contribution < 1.29 is 64.5 Å². The molecule has 0 amide bonds. The first kappa shape index (κ1) is 75.5. The Morgan fingerprint density at radius 1 is 0.427 bits per heavy atom. The normalized spacial score (nSPS) is 11.5. The number of thiophene rings is 2. The van der Waals surface area contributed by atoms with E-state index in [4.69, 9.17) is 28.2 Å². The fourth-order valence-corrected chi connectivity index (χ4v) is 17.4. The molecule has 0 saturated heterocycles. The van der Waals surface area contributed by atoms with Gasteiger partial charge in [0.1, 0.15) is 16.9 Å². The minimum Gasteiger partial charge on any atom is -0.442 e. The molecule has 14 aromatic carbocycles. The third kappa shape index (κ3) is 13.9. The molecule has 1 aliphatic carbocycles. The van der Waals surface area contributed by atoms with Crippen molar-refractivity contribution in [2.75, 3.05) is 9.80 Å². The molecule has 117 heavy (non-hydrogen) atoms. The average Bonchev–Trinajstić information content (AvgIpc) is 1.61. The van der Waals surface area contributed by atoms with Crippen LogP contribution in [0.5, 0.6) is 0 Å². The number of furan rings is 1. The summed E-state index contributed by atoms with van der Waals surface area (Å²) in [6.45, 7) is 0. The Kier molecular flexibility index (Phi) is 20.9. The smallest absolute Gasteiger partial charge is 0.309 e. The van der Waals surface area contributed by atoms with Crippen molar-refractivity contribution in [3.05, 3.63) is 386 Å². The van der Waals surface area contributed by atoms with E-state index in [9.17, 15) is 0 Å². The van der Waals surface area contributed by atoms with Gasteiger partial charge in [-0.3, -0.25) is 14.8 Å². The fourth-order valence-electron chi connectivity index (χ4n) is 15.7. The van der Waals surface area contributed by atoms with Gasteiger partial charge < -0.3 is 22.4 Å². The standard InChI is InChI=1S/C36H22N3OS.C33H19N2O2S.C33H19N2.3Cu/c1-38-31-18-7-5-11-25(31)22-32(38)29-17-10-19-33-35(29)37-36(40-33)39(26-13-3-2-4-14-26)27-15-9-12-24(21-27)30-23-41-34-20-8-6-16-28(30)34;1-3-7-21(8-4-1)28-20-36-32-31(28)34-33(37-32)35(24-9-5-2-6-10-24)25-15-13-22-11-12-23-14-16-29-26(17-18-38-29)30(23)27(22)19-25;1-3-11-23(12-4-1)26-17-9-15-25-21-29-27-16-7-8-19-31(27)35(32(29)22-28(25)26)33-20-10-18-30(34-33)24-13-5-2-6-14-24;;;/h2-15,17-20,23H,1H3;1-7,9-10,13-16,18,20H,11-12H2;1-11,13,15-21H;;;/q3*-3;;;. The largest absolute Gasteiger partial charge is 0.442 e. The molecular formula is C102H60Cu3N7O3S2-9. The van der Waals surface area contributed by atoms with Crippen molar-refractivity contribution >= 4 is 144 Å². The molecule has 0 fully saturated rings. The predicted octanol–water partition coefficient (Wildman–Crippen LogP) is 26.7. The van der Waals surface area contributed by atoms with Gasteiger partial charge in [-0.2, -0.15) is 22.0 Å². The van der Waals surface area contributed by atoms with E-state index in [-0.39, 0.29) is 51.2 Å². The number of aryl methyl sites for hydroxylation is 3. The number of hydrogen-bond donors (Lipinski definition) is 0. The van der Waals surface area contributed by atoms with Gasteiger partial charge in [0.15, 0.2) is 0 Å². The van der Waals surface area contributed by atoms with E-state index in [1.165, 1.54) is 42.2 Å². The number of benzene rings is 14. The minimum atomic E-state index is 0. The number of anilines is 6. The SMILES string of the molecule is Cn1c(-c2cccc3oc(N(c4[c-]c(-c5csc6ccc[c-]c56)ccc4)c4ccccc4)nc23)[c-]c2ccccc21.[Cu].[Cu].[Cu].[c-]1ccccc1-c1cccc(-n2c3[c-]c4c(-c5[c-]cccc5)cccc4cc3c3ccccc32)n1.[c-]1ccccc1-c1coc2oc(N(c3[c-]c4c(cc3)CCc3ccc5sc[c-]c5c3-4)c3ccccc3)nc12. The van der Waals surface area contributed by atoms with Gasteiger partial charge in [0.2, 0.25) is 0 Å². The number of hydrogen-bond acceptors (Lipinski definition) is 10. The van der Waals surface area contributed by atoms with Gasteiger partial charge in [0.05, 0.1) is 11.8 Å². The molecule has 575 valence electrons. The number of pyridine rings is 1. The van der Waals surface area contributed by atoms with Crippen LogP contribution in [0.2, 0.25) is 0 Å². The number of fused-ring (bicyclic) bond motifs is 13. The summed E-state index contributed by atoms with van der Waals surface area (Å²) in [5.41, 5.74) is 23.9. The van der Waals surface area contributed by atoms with Crippen LogP contribution in [0.1, 0.15) is 11.1 Å². The summed E-state index contributed by atoms with van der Waals surface area (Å²) < 4.78 is 25.3. The number of para-hydroxylation sites is 5. The second-order valence-corrected chi connectivity index (χ2v) is 29.6. The quantitative estimate of drug-likeness (QED) is 0.0882. The Labute approximate surface area is 714 Å². The third-order valence-electron chi connectivity index (χ3n) is 21.1. The first-order valence-electron chi connectivity index (χ1n) is 37.5. The molecule has 0 aliphatic heterocycles. The van der Waals surface area contributed by atoms with Gasteiger partial charge in [-0.25, -0.2) is 27.7 Å². The Hall–Kier alpha value is -12.9. The third-order valence-corrected chi connectivity index (χ3v) is 22.8. The molecule has 0 spiro atoms. The maximum absolute atomic E-state index is 6.48. The molecule has 1 aliphatic rings. The molecule has 10 nitrogen and oxygen atoms in total. The van der Waals surface area contributed by atoms with Crippen LogP contribution in [0.15, 0.2) is 334 Å². The molecular weight excluding hydrogens is 1630 g/mol. The number of rotatable bonds is 12. The molecule has 8 heterocycles. The van der Waals surface area contributed by atoms with Crippen molar-refractivity contribution in [3.63, 3.8) is 0 Å². The van der Waals surface area contributed by atoms with Gasteiger partial charge in [0.25, 0.3) is 0 Å². The Bertz CT molecular complexity index is 7360. The van der Waals surface area contributed by atoms with Crippen LogP contribution in [0.4, 0.5) is 34.8 Å². The molecule has 0 unspecified atom stereocenters. The summed E-state index contributed by atoms with van der Waals surface area (Å²) in [5, 5.41) is 12.2. The van der Waals surface area contributed by atoms with Crippen molar-refractivity contribution in [2.45, 2.75) is 12.8 Å². The van der Waals surface area contributed by atoms with Gasteiger partial charge in [-0.1, -0.05) is 153 Å². The van der Waals surface area contributed by atoms with Crippen molar-refractivity contribution in [2.24, 2.45) is 7.05 Å². The molecule has 23 rings (SSSR count). The summed E-state index contributed by atoms with van der Waals surface area (Å²) in [6, 6.07) is 135. The molecule has 3 radical (unpaired) electrons. The second-order valence-electron chi connectivity index (χ2n) is 27.8. The Morgan fingerprint density at radius 2 is 1.07 bits per heavy atom. The maximum atomic E-state index is 6.48. The van der Waals surface area contributed by atoms with Gasteiger partial charge in [-0.05, 0) is 99.2 Å². The Balaban J connectivity index is 0.000000120. The van der Waals surface area contributed by atoms with E-state index in [0.29, 0.717) is 28.9 Å². The van der Waals surface area contributed by atoms with Gasteiger partial charge in [0, 0.05) is 75.1 Å². The van der Waals surface area contributed by atoms with E-state index in [1.807, 2.05) is 173 Å². The predicted molar refractivity (Wildman–Crippen MR) is 463 cm³/mol. The van der Waals surface area contributed by atoms with Gasteiger partial charge in [-0.15, -0.1) is 260 Å². The van der Waals surface area contributed by atoms with Crippen molar-refractivity contribution in [1.29, 1.82) is 0 Å². The summed E-state index contributed by atoms with van der Waals surface area (Å²) >= 11 is 3.44. The molecule has 15 heteroatoms. The molecule has 0 atom stereocenters. The number of oxazole rings is 2. The van der Waals surface area contributed by atoms with E-state index >= 15 is 0 Å². The second kappa shape index (κ2) is 32.4. The number of aromatic nitrogens is 5. The minimum absolute atomic E-state index is 0. The molecule has 22 aromatic rings. The summed E-state index contributed by atoms with van der Waals surface area (Å²) in [5.74, 6) is 1.25. The Morgan fingerprint density at radius 3 is 1.85 bits per heavy atom. The van der Waals surface area contributed by atoms with Crippen molar-refractivity contribution in [3.8, 4) is 72.8 Å². The summed E-state index contributed by atoms with van der Waals surface area (Å²) in [7, 11) is 2.07. The molecule has 0 saturated carbocycles.